The van der Waals surface area contributed by atoms with Crippen molar-refractivity contribution in [3.63, 3.8) is 0 Å². The first-order valence-corrected chi connectivity index (χ1v) is 10.1. The van der Waals surface area contributed by atoms with Crippen molar-refractivity contribution in [1.29, 1.82) is 0 Å². The number of hydrogen-bond acceptors (Lipinski definition) is 3. The number of nitrogens with one attached hydrogen (secondary N) is 2. The van der Waals surface area contributed by atoms with E-state index in [0.29, 0.717) is 31.5 Å². The maximum atomic E-state index is 12.8. The Balaban J connectivity index is 1.37. The topological polar surface area (TPSA) is 74.4 Å². The van der Waals surface area contributed by atoms with Gasteiger partial charge >= 0.3 is 0 Å². The Kier molecular flexibility index (Phi) is 5.84. The highest BCUT2D eigenvalue weighted by molar-refractivity contribution is 5.95. The van der Waals surface area contributed by atoms with E-state index in [1.165, 1.54) is 0 Å². The quantitative estimate of drug-likeness (QED) is 0.671. The molecule has 1 aromatic heterocycles. The molecular weight excluding hydrogens is 378 g/mol. The van der Waals surface area contributed by atoms with Crippen LogP contribution in [0.4, 0.5) is 5.69 Å². The van der Waals surface area contributed by atoms with E-state index < -0.39 is 0 Å². The number of rotatable bonds is 5. The fraction of sp³-hybridized carbons (Fsp3) is 0.250. The Hall–Kier alpha value is -3.54. The lowest BCUT2D eigenvalue weighted by atomic mass is 9.95. The van der Waals surface area contributed by atoms with Crippen LogP contribution < -0.4 is 10.1 Å². The number of likely N-dealkylation sites (tertiary alicyclic amines) is 1. The van der Waals surface area contributed by atoms with Gasteiger partial charge in [-0.05, 0) is 54.3 Å². The number of nitrogens with zero attached hydrogens (tertiary/aromatic N) is 1. The molecule has 2 N–H and O–H groups in total. The number of carbonyl (C=O) groups is 2. The van der Waals surface area contributed by atoms with E-state index in [4.69, 9.17) is 4.74 Å². The Morgan fingerprint density at radius 2 is 1.77 bits per heavy atom. The van der Waals surface area contributed by atoms with Crippen molar-refractivity contribution in [3.05, 3.63) is 72.6 Å². The molecule has 2 amide bonds. The molecular formula is C24H25N3O3. The van der Waals surface area contributed by atoms with Crippen LogP contribution in [-0.4, -0.2) is 41.9 Å². The summed E-state index contributed by atoms with van der Waals surface area (Å²) in [6.07, 6.45) is 4.78. The maximum Gasteiger partial charge on any atom is 0.255 e. The summed E-state index contributed by atoms with van der Waals surface area (Å²) in [5.74, 6) is 0.719. The first-order chi connectivity index (χ1) is 14.6. The van der Waals surface area contributed by atoms with Crippen molar-refractivity contribution < 1.29 is 14.3 Å². The summed E-state index contributed by atoms with van der Waals surface area (Å²) in [6.45, 7) is 1.18. The molecule has 0 unspecified atom stereocenters. The molecule has 0 radical (unpaired) electrons. The van der Waals surface area contributed by atoms with E-state index in [1.54, 1.807) is 25.6 Å². The molecule has 6 nitrogen and oxygen atoms in total. The third kappa shape index (κ3) is 4.38. The molecule has 1 saturated heterocycles. The SMILES string of the molecule is COc1cccc(-c2cccc(NC(=O)C3CCN(C(=O)c4cc[nH]c4)CC3)c2)c1. The number of piperidine rings is 1. The zero-order valence-corrected chi connectivity index (χ0v) is 16.9. The molecule has 1 fully saturated rings. The molecule has 1 aliphatic rings. The van der Waals surface area contributed by atoms with Crippen LogP contribution in [0.25, 0.3) is 11.1 Å². The number of H-pyrrole nitrogens is 1. The van der Waals surface area contributed by atoms with Crippen molar-refractivity contribution in [3.8, 4) is 16.9 Å². The molecule has 0 aliphatic carbocycles. The lowest BCUT2D eigenvalue weighted by molar-refractivity contribution is -0.121. The Morgan fingerprint density at radius 1 is 1.03 bits per heavy atom. The van der Waals surface area contributed by atoms with E-state index >= 15 is 0 Å². The Labute approximate surface area is 175 Å². The van der Waals surface area contributed by atoms with Crippen LogP contribution >= 0.6 is 0 Å². The fourth-order valence-corrected chi connectivity index (χ4v) is 3.81. The molecule has 6 heteroatoms. The second-order valence-corrected chi connectivity index (χ2v) is 7.47. The lowest BCUT2D eigenvalue weighted by Crippen LogP contribution is -2.41. The third-order valence-electron chi connectivity index (χ3n) is 5.53. The summed E-state index contributed by atoms with van der Waals surface area (Å²) in [4.78, 5) is 29.9. The van der Waals surface area contributed by atoms with Gasteiger partial charge in [0.1, 0.15) is 5.75 Å². The molecule has 0 spiro atoms. The number of hydrogen-bond donors (Lipinski definition) is 2. The third-order valence-corrected chi connectivity index (χ3v) is 5.53. The van der Waals surface area contributed by atoms with Gasteiger partial charge in [0.05, 0.1) is 12.7 Å². The largest absolute Gasteiger partial charge is 0.497 e. The van der Waals surface area contributed by atoms with Gasteiger partial charge in [0.15, 0.2) is 0 Å². The van der Waals surface area contributed by atoms with Crippen LogP contribution in [0.5, 0.6) is 5.75 Å². The minimum atomic E-state index is -0.0965. The fourth-order valence-electron chi connectivity index (χ4n) is 3.81. The van der Waals surface area contributed by atoms with Crippen molar-refractivity contribution in [2.75, 3.05) is 25.5 Å². The van der Waals surface area contributed by atoms with Crippen molar-refractivity contribution in [1.82, 2.24) is 9.88 Å². The summed E-state index contributed by atoms with van der Waals surface area (Å²) in [7, 11) is 1.65. The molecule has 4 rings (SSSR count). The zero-order valence-electron chi connectivity index (χ0n) is 16.9. The molecule has 3 aromatic rings. The first kappa shape index (κ1) is 19.8. The monoisotopic (exact) mass is 403 g/mol. The standard InChI is InChI=1S/C24H25N3O3/c1-30-22-7-3-5-19(15-22)18-4-2-6-21(14-18)26-23(28)17-9-12-27(13-10-17)24(29)20-8-11-25-16-20/h2-8,11,14-17,25H,9-10,12-13H2,1H3,(H,26,28). The van der Waals surface area contributed by atoms with Crippen molar-refractivity contribution in [2.45, 2.75) is 12.8 Å². The number of anilines is 1. The van der Waals surface area contributed by atoms with Gasteiger partial charge in [-0.15, -0.1) is 0 Å². The second kappa shape index (κ2) is 8.86. The molecule has 30 heavy (non-hydrogen) atoms. The van der Waals surface area contributed by atoms with Crippen LogP contribution in [0.3, 0.4) is 0 Å². The zero-order chi connectivity index (χ0) is 20.9. The van der Waals surface area contributed by atoms with Gasteiger partial charge in [0.25, 0.3) is 5.91 Å². The van der Waals surface area contributed by atoms with Crippen LogP contribution in [0.15, 0.2) is 67.0 Å². The summed E-state index contributed by atoms with van der Waals surface area (Å²) in [5, 5.41) is 3.04. The predicted octanol–water partition coefficient (Wildman–Crippen LogP) is 4.18. The van der Waals surface area contributed by atoms with Crippen molar-refractivity contribution >= 4 is 17.5 Å². The van der Waals surface area contributed by atoms with E-state index in [9.17, 15) is 9.59 Å². The van der Waals surface area contributed by atoms with E-state index in [-0.39, 0.29) is 17.7 Å². The van der Waals surface area contributed by atoms with Gasteiger partial charge in [-0.1, -0.05) is 24.3 Å². The molecule has 0 atom stereocenters. The number of carbonyl (C=O) groups excluding carboxylic acids is 2. The van der Waals surface area contributed by atoms with Gasteiger partial charge in [0, 0.05) is 37.1 Å². The molecule has 2 heterocycles. The highest BCUT2D eigenvalue weighted by Crippen LogP contribution is 2.27. The molecule has 0 bridgehead atoms. The lowest BCUT2D eigenvalue weighted by Gasteiger charge is -2.31. The number of ether oxygens (including phenoxy) is 1. The first-order valence-electron chi connectivity index (χ1n) is 10.1. The Bertz CT molecular complexity index is 1020. The number of benzene rings is 2. The highest BCUT2D eigenvalue weighted by atomic mass is 16.5. The Morgan fingerprint density at radius 3 is 2.47 bits per heavy atom. The molecule has 154 valence electrons. The number of aromatic nitrogens is 1. The molecule has 0 saturated carbocycles. The van der Waals surface area contributed by atoms with Gasteiger partial charge in [-0.3, -0.25) is 9.59 Å². The summed E-state index contributed by atoms with van der Waals surface area (Å²) in [5.41, 5.74) is 3.47. The maximum absolute atomic E-state index is 12.8. The molecule has 1 aliphatic heterocycles. The minimum Gasteiger partial charge on any atom is -0.497 e. The van der Waals surface area contributed by atoms with Crippen molar-refractivity contribution in [2.24, 2.45) is 5.92 Å². The number of amides is 2. The summed E-state index contributed by atoms with van der Waals surface area (Å²) < 4.78 is 5.30. The van der Waals surface area contributed by atoms with Gasteiger partial charge < -0.3 is 19.9 Å². The number of aromatic amines is 1. The normalized spacial score (nSPS) is 14.4. The van der Waals surface area contributed by atoms with Crippen LogP contribution in [0, 0.1) is 5.92 Å². The van der Waals surface area contributed by atoms with Gasteiger partial charge in [0.2, 0.25) is 5.91 Å². The van der Waals surface area contributed by atoms with E-state index in [1.807, 2.05) is 53.4 Å². The van der Waals surface area contributed by atoms with E-state index in [0.717, 1.165) is 22.6 Å². The van der Waals surface area contributed by atoms with Crippen LogP contribution in [0.2, 0.25) is 0 Å². The van der Waals surface area contributed by atoms with Gasteiger partial charge in [-0.2, -0.15) is 0 Å². The molecule has 2 aromatic carbocycles. The smallest absolute Gasteiger partial charge is 0.255 e. The number of methoxy groups -OCH3 is 1. The predicted molar refractivity (Wildman–Crippen MR) is 116 cm³/mol. The van der Waals surface area contributed by atoms with E-state index in [2.05, 4.69) is 10.3 Å². The highest BCUT2D eigenvalue weighted by Gasteiger charge is 2.28. The average molecular weight is 403 g/mol. The second-order valence-electron chi connectivity index (χ2n) is 7.47. The minimum absolute atomic E-state index is 0.00605. The summed E-state index contributed by atoms with van der Waals surface area (Å²) in [6, 6.07) is 17.4. The van der Waals surface area contributed by atoms with Crippen LogP contribution in [0.1, 0.15) is 23.2 Å². The average Bonchev–Trinajstić information content (AvgIpc) is 3.34. The van der Waals surface area contributed by atoms with Gasteiger partial charge in [-0.25, -0.2) is 0 Å². The summed E-state index contributed by atoms with van der Waals surface area (Å²) >= 11 is 0. The van der Waals surface area contributed by atoms with Crippen LogP contribution in [-0.2, 0) is 4.79 Å².